The lowest BCUT2D eigenvalue weighted by atomic mass is 10.1. The number of hydrogen-bond acceptors (Lipinski definition) is 3. The van der Waals surface area contributed by atoms with Crippen LogP contribution in [0.1, 0.15) is 55.6 Å². The number of amides is 1. The second-order valence-electron chi connectivity index (χ2n) is 5.50. The first-order valence-corrected chi connectivity index (χ1v) is 7.14. The number of anilines is 1. The molecule has 1 aliphatic carbocycles. The predicted molar refractivity (Wildman–Crippen MR) is 77.5 cm³/mol. The fraction of sp³-hybridized carbons (Fsp3) is 0.600. The maximum absolute atomic E-state index is 12.1. The molecule has 0 bridgehead atoms. The van der Waals surface area contributed by atoms with Crippen LogP contribution in [0.15, 0.2) is 12.1 Å². The Balaban J connectivity index is 2.13. The Morgan fingerprint density at radius 1 is 1.42 bits per heavy atom. The van der Waals surface area contributed by atoms with Crippen molar-refractivity contribution in [2.24, 2.45) is 5.92 Å². The van der Waals surface area contributed by atoms with E-state index in [9.17, 15) is 4.79 Å². The highest BCUT2D eigenvalue weighted by Gasteiger charge is 2.22. The van der Waals surface area contributed by atoms with Crippen LogP contribution in [0.5, 0.6) is 0 Å². The van der Waals surface area contributed by atoms with Gasteiger partial charge in [-0.05, 0) is 43.7 Å². The van der Waals surface area contributed by atoms with Crippen LogP contribution >= 0.6 is 0 Å². The summed E-state index contributed by atoms with van der Waals surface area (Å²) in [6, 6.07) is 3.73. The van der Waals surface area contributed by atoms with Crippen molar-refractivity contribution < 1.29 is 4.79 Å². The molecular weight excluding hydrogens is 238 g/mol. The molecule has 2 rings (SSSR count). The minimum atomic E-state index is 0.00959. The van der Waals surface area contributed by atoms with Gasteiger partial charge in [0.15, 0.2) is 0 Å². The van der Waals surface area contributed by atoms with Gasteiger partial charge in [0.1, 0.15) is 5.82 Å². The van der Waals surface area contributed by atoms with Crippen LogP contribution in [-0.2, 0) is 0 Å². The second kappa shape index (κ2) is 6.04. The van der Waals surface area contributed by atoms with Gasteiger partial charge in [0.25, 0.3) is 5.91 Å². The van der Waals surface area contributed by atoms with Gasteiger partial charge in [-0.15, -0.1) is 0 Å². The summed E-state index contributed by atoms with van der Waals surface area (Å²) >= 11 is 0. The molecule has 1 aromatic heterocycles. The molecule has 0 radical (unpaired) electrons. The summed E-state index contributed by atoms with van der Waals surface area (Å²) < 4.78 is 0. The maximum Gasteiger partial charge on any atom is 0.251 e. The lowest BCUT2D eigenvalue weighted by molar-refractivity contribution is 0.0951. The Bertz CT molecular complexity index is 453. The average Bonchev–Trinajstić information content (AvgIpc) is 3.20. The molecule has 4 heteroatoms. The zero-order chi connectivity index (χ0) is 13.8. The molecule has 0 unspecified atom stereocenters. The SMILES string of the molecule is CCNc1cc(C(=O)NCC2CC2)cc(C(C)C)n1. The Labute approximate surface area is 115 Å². The van der Waals surface area contributed by atoms with E-state index in [1.165, 1.54) is 12.8 Å². The zero-order valence-corrected chi connectivity index (χ0v) is 12.0. The Morgan fingerprint density at radius 3 is 2.74 bits per heavy atom. The van der Waals surface area contributed by atoms with E-state index in [1.807, 2.05) is 19.1 Å². The van der Waals surface area contributed by atoms with Crippen molar-refractivity contribution >= 4 is 11.7 Å². The summed E-state index contributed by atoms with van der Waals surface area (Å²) in [5.74, 6) is 1.80. The van der Waals surface area contributed by atoms with Crippen molar-refractivity contribution in [3.8, 4) is 0 Å². The van der Waals surface area contributed by atoms with Crippen LogP contribution in [0.3, 0.4) is 0 Å². The molecule has 1 aliphatic rings. The molecule has 1 amide bonds. The fourth-order valence-corrected chi connectivity index (χ4v) is 1.91. The van der Waals surface area contributed by atoms with E-state index in [4.69, 9.17) is 0 Å². The highest BCUT2D eigenvalue weighted by atomic mass is 16.1. The smallest absolute Gasteiger partial charge is 0.251 e. The summed E-state index contributed by atoms with van der Waals surface area (Å²) in [6.07, 6.45) is 2.49. The Kier molecular flexibility index (Phi) is 4.40. The van der Waals surface area contributed by atoms with E-state index in [2.05, 4.69) is 29.5 Å². The van der Waals surface area contributed by atoms with Gasteiger partial charge in [-0.3, -0.25) is 4.79 Å². The standard InChI is InChI=1S/C15H23N3O/c1-4-16-14-8-12(7-13(18-14)10(2)3)15(19)17-9-11-5-6-11/h7-8,10-11H,4-6,9H2,1-3H3,(H,16,18)(H,17,19). The van der Waals surface area contributed by atoms with Crippen LogP contribution in [0.25, 0.3) is 0 Å². The number of hydrogen-bond donors (Lipinski definition) is 2. The van der Waals surface area contributed by atoms with E-state index in [-0.39, 0.29) is 5.91 Å². The molecule has 2 N–H and O–H groups in total. The monoisotopic (exact) mass is 261 g/mol. The summed E-state index contributed by atoms with van der Waals surface area (Å²) in [7, 11) is 0. The number of nitrogens with one attached hydrogen (secondary N) is 2. The summed E-state index contributed by atoms with van der Waals surface area (Å²) in [4.78, 5) is 16.7. The van der Waals surface area contributed by atoms with E-state index in [1.54, 1.807) is 0 Å². The maximum atomic E-state index is 12.1. The van der Waals surface area contributed by atoms with Gasteiger partial charge in [-0.2, -0.15) is 0 Å². The molecule has 0 aliphatic heterocycles. The number of carbonyl (C=O) groups is 1. The molecule has 0 aromatic carbocycles. The van der Waals surface area contributed by atoms with Crippen molar-refractivity contribution in [3.05, 3.63) is 23.4 Å². The number of carbonyl (C=O) groups excluding carboxylic acids is 1. The number of rotatable bonds is 6. The van der Waals surface area contributed by atoms with Crippen LogP contribution in [0.4, 0.5) is 5.82 Å². The van der Waals surface area contributed by atoms with Gasteiger partial charge in [-0.1, -0.05) is 13.8 Å². The molecular formula is C15H23N3O. The second-order valence-corrected chi connectivity index (χ2v) is 5.50. The first kappa shape index (κ1) is 13.8. The van der Waals surface area contributed by atoms with Gasteiger partial charge >= 0.3 is 0 Å². The molecule has 4 nitrogen and oxygen atoms in total. The van der Waals surface area contributed by atoms with E-state index in [0.717, 1.165) is 24.6 Å². The van der Waals surface area contributed by atoms with Gasteiger partial charge in [0.05, 0.1) is 0 Å². The molecule has 0 saturated heterocycles. The van der Waals surface area contributed by atoms with E-state index in [0.29, 0.717) is 17.4 Å². The minimum Gasteiger partial charge on any atom is -0.370 e. The van der Waals surface area contributed by atoms with Crippen LogP contribution < -0.4 is 10.6 Å². The summed E-state index contributed by atoms with van der Waals surface area (Å²) in [5, 5.41) is 6.19. The lowest BCUT2D eigenvalue weighted by Gasteiger charge is -2.12. The van der Waals surface area contributed by atoms with Crippen LogP contribution in [-0.4, -0.2) is 24.0 Å². The average molecular weight is 261 g/mol. The normalized spacial score (nSPS) is 14.5. The molecule has 1 aromatic rings. The van der Waals surface area contributed by atoms with Gasteiger partial charge in [0.2, 0.25) is 0 Å². The first-order valence-electron chi connectivity index (χ1n) is 7.14. The van der Waals surface area contributed by atoms with Gasteiger partial charge in [0, 0.05) is 24.3 Å². The van der Waals surface area contributed by atoms with Crippen LogP contribution in [0.2, 0.25) is 0 Å². The quantitative estimate of drug-likeness (QED) is 0.828. The predicted octanol–water partition coefficient (Wildman–Crippen LogP) is 2.78. The number of nitrogens with zero attached hydrogens (tertiary/aromatic N) is 1. The topological polar surface area (TPSA) is 54.0 Å². The molecule has 0 atom stereocenters. The first-order chi connectivity index (χ1) is 9.10. The summed E-state index contributed by atoms with van der Waals surface area (Å²) in [5.41, 5.74) is 1.66. The molecule has 1 heterocycles. The van der Waals surface area contributed by atoms with Crippen molar-refractivity contribution in [3.63, 3.8) is 0 Å². The van der Waals surface area contributed by atoms with E-state index < -0.39 is 0 Å². The number of pyridine rings is 1. The van der Waals surface area contributed by atoms with Gasteiger partial charge < -0.3 is 10.6 Å². The number of aromatic nitrogens is 1. The third kappa shape index (κ3) is 3.94. The molecule has 1 saturated carbocycles. The van der Waals surface area contributed by atoms with Gasteiger partial charge in [-0.25, -0.2) is 4.98 Å². The Morgan fingerprint density at radius 2 is 2.16 bits per heavy atom. The minimum absolute atomic E-state index is 0.00959. The molecule has 0 spiro atoms. The van der Waals surface area contributed by atoms with Crippen molar-refractivity contribution in [1.29, 1.82) is 0 Å². The zero-order valence-electron chi connectivity index (χ0n) is 12.0. The third-order valence-corrected chi connectivity index (χ3v) is 3.30. The van der Waals surface area contributed by atoms with E-state index >= 15 is 0 Å². The van der Waals surface area contributed by atoms with Crippen molar-refractivity contribution in [2.75, 3.05) is 18.4 Å². The third-order valence-electron chi connectivity index (χ3n) is 3.30. The fourth-order valence-electron chi connectivity index (χ4n) is 1.91. The van der Waals surface area contributed by atoms with Crippen LogP contribution in [0, 0.1) is 5.92 Å². The molecule has 19 heavy (non-hydrogen) atoms. The largest absolute Gasteiger partial charge is 0.370 e. The Hall–Kier alpha value is -1.58. The molecule has 104 valence electrons. The van der Waals surface area contributed by atoms with Crippen molar-refractivity contribution in [1.82, 2.24) is 10.3 Å². The highest BCUT2D eigenvalue weighted by molar-refractivity contribution is 5.95. The molecule has 1 fully saturated rings. The summed E-state index contributed by atoms with van der Waals surface area (Å²) in [6.45, 7) is 7.80. The highest BCUT2D eigenvalue weighted by Crippen LogP contribution is 2.27. The van der Waals surface area contributed by atoms with Crippen molar-refractivity contribution in [2.45, 2.75) is 39.5 Å². The lowest BCUT2D eigenvalue weighted by Crippen LogP contribution is -2.26.